The molecule has 38 heavy (non-hydrogen) atoms. The lowest BCUT2D eigenvalue weighted by Crippen LogP contribution is -2.00. The molecular weight excluding hydrogens is 482 g/mol. The van der Waals surface area contributed by atoms with Crippen molar-refractivity contribution in [3.63, 3.8) is 0 Å². The van der Waals surface area contributed by atoms with Crippen LogP contribution in [0.4, 0.5) is 0 Å². The maximum atomic E-state index is 8.59. The lowest BCUT2D eigenvalue weighted by molar-refractivity contribution is 1.08. The highest BCUT2D eigenvalue weighted by Crippen LogP contribution is 2.43. The maximum Gasteiger partial charge on any atom is 0.164 e. The van der Waals surface area contributed by atoms with Crippen molar-refractivity contribution >= 4 is 31.5 Å². The van der Waals surface area contributed by atoms with Gasteiger partial charge in [0.25, 0.3) is 0 Å². The van der Waals surface area contributed by atoms with E-state index in [1.54, 1.807) is 0 Å². The largest absolute Gasteiger partial charge is 0.208 e. The van der Waals surface area contributed by atoms with Gasteiger partial charge < -0.3 is 0 Å². The molecule has 0 aliphatic heterocycles. The van der Waals surface area contributed by atoms with Gasteiger partial charge in [0.1, 0.15) is 0 Å². The van der Waals surface area contributed by atoms with Crippen molar-refractivity contribution in [3.05, 3.63) is 127 Å². The molecule has 2 heterocycles. The van der Waals surface area contributed by atoms with Gasteiger partial charge in [0, 0.05) is 36.9 Å². The Hall–Kier alpha value is -4.67. The fraction of sp³-hybridized carbons (Fsp3) is 0.0294. The minimum absolute atomic E-state index is 0.192. The lowest BCUT2D eigenvalue weighted by atomic mass is 10.0. The molecule has 0 fully saturated rings. The highest BCUT2D eigenvalue weighted by atomic mass is 32.1. The molecule has 2 aromatic heterocycles. The zero-order chi connectivity index (χ0) is 29.8. The number of thiophene rings is 1. The third-order valence-electron chi connectivity index (χ3n) is 6.51. The lowest BCUT2D eigenvalue weighted by Gasteiger charge is -2.10. The summed E-state index contributed by atoms with van der Waals surface area (Å²) in [6.45, 7) is 2.04. The molecule has 0 spiro atoms. The van der Waals surface area contributed by atoms with Crippen LogP contribution in [0.3, 0.4) is 0 Å². The molecule has 4 heteroatoms. The monoisotopic (exact) mass is 510 g/mol. The standard InChI is InChI=1S/C34H23N3S/c1-22-18-20-25(21-19-22)33-35-32(24-12-6-3-7-13-24)36-34(37-33)28-16-9-17-29-30(28)27-15-8-14-26(31(27)38-29)23-10-4-2-5-11-23/h2-21H,1H3/i2D,4D,5D,10D,11D. The number of fused-ring (bicyclic) bond motifs is 3. The summed E-state index contributed by atoms with van der Waals surface area (Å²) in [5.41, 5.74) is 4.53. The molecule has 0 aliphatic rings. The van der Waals surface area contributed by atoms with Gasteiger partial charge in [-0.05, 0) is 24.1 Å². The van der Waals surface area contributed by atoms with Gasteiger partial charge in [-0.3, -0.25) is 0 Å². The van der Waals surface area contributed by atoms with Gasteiger partial charge >= 0.3 is 0 Å². The zero-order valence-electron chi connectivity index (χ0n) is 25.4. The third kappa shape index (κ3) is 3.96. The van der Waals surface area contributed by atoms with E-state index in [2.05, 4.69) is 0 Å². The molecule has 0 unspecified atom stereocenters. The molecule has 7 rings (SSSR count). The summed E-state index contributed by atoms with van der Waals surface area (Å²) >= 11 is 1.52. The first-order valence-electron chi connectivity index (χ1n) is 14.7. The summed E-state index contributed by atoms with van der Waals surface area (Å²) in [5.74, 6) is 1.67. The molecule has 0 amide bonds. The van der Waals surface area contributed by atoms with Gasteiger partial charge in [-0.1, -0.05) is 121 Å². The van der Waals surface area contributed by atoms with Crippen molar-refractivity contribution in [2.24, 2.45) is 0 Å². The van der Waals surface area contributed by atoms with E-state index < -0.39 is 6.04 Å². The molecule has 0 atom stereocenters. The molecular formula is C34H23N3S. The van der Waals surface area contributed by atoms with Crippen molar-refractivity contribution in [2.45, 2.75) is 6.92 Å². The van der Waals surface area contributed by atoms with Crippen LogP contribution in [0.15, 0.2) is 121 Å². The van der Waals surface area contributed by atoms with Crippen LogP contribution in [0.5, 0.6) is 0 Å². The minimum atomic E-state index is -0.405. The Morgan fingerprint density at radius 2 is 1.24 bits per heavy atom. The molecule has 7 aromatic rings. The molecule has 5 aromatic carbocycles. The average Bonchev–Trinajstić information content (AvgIpc) is 3.43. The van der Waals surface area contributed by atoms with Gasteiger partial charge in [0.05, 0.1) is 6.85 Å². The average molecular weight is 511 g/mol. The van der Waals surface area contributed by atoms with E-state index in [4.69, 9.17) is 21.8 Å². The second kappa shape index (κ2) is 9.33. The van der Waals surface area contributed by atoms with Crippen molar-refractivity contribution < 1.29 is 6.85 Å². The van der Waals surface area contributed by atoms with Gasteiger partial charge in [0.15, 0.2) is 17.5 Å². The first-order valence-corrected chi connectivity index (χ1v) is 13.0. The molecule has 0 N–H and O–H groups in total. The Morgan fingerprint density at radius 1 is 0.579 bits per heavy atom. The molecule has 0 radical (unpaired) electrons. The van der Waals surface area contributed by atoms with Crippen molar-refractivity contribution in [2.75, 3.05) is 0 Å². The highest BCUT2D eigenvalue weighted by molar-refractivity contribution is 7.26. The maximum absolute atomic E-state index is 8.59. The predicted octanol–water partition coefficient (Wildman–Crippen LogP) is 9.22. The van der Waals surface area contributed by atoms with Crippen LogP contribution >= 0.6 is 11.3 Å². The summed E-state index contributed by atoms with van der Waals surface area (Å²) in [6, 6.07) is 28.0. The van der Waals surface area contributed by atoms with Gasteiger partial charge in [-0.2, -0.15) is 0 Å². The molecule has 3 nitrogen and oxygen atoms in total. The summed E-state index contributed by atoms with van der Waals surface area (Å²) in [7, 11) is 0. The summed E-state index contributed by atoms with van der Waals surface area (Å²) in [5, 5.41) is 1.84. The smallest absolute Gasteiger partial charge is 0.164 e. The number of nitrogens with zero attached hydrogens (tertiary/aromatic N) is 3. The minimum Gasteiger partial charge on any atom is -0.208 e. The first kappa shape index (κ1) is 17.7. The quantitative estimate of drug-likeness (QED) is 0.237. The summed E-state index contributed by atoms with van der Waals surface area (Å²) < 4.78 is 43.4. The van der Waals surface area contributed by atoms with Crippen LogP contribution in [0.2, 0.25) is 0 Å². The van der Waals surface area contributed by atoms with Gasteiger partial charge in [-0.25, -0.2) is 15.0 Å². The molecule has 180 valence electrons. The number of hydrogen-bond acceptors (Lipinski definition) is 4. The van der Waals surface area contributed by atoms with Crippen LogP contribution in [0.25, 0.3) is 65.5 Å². The number of benzene rings is 5. The predicted molar refractivity (Wildman–Crippen MR) is 159 cm³/mol. The summed E-state index contributed by atoms with van der Waals surface area (Å²) in [6.07, 6.45) is 0. The van der Waals surface area contributed by atoms with Crippen LogP contribution in [-0.4, -0.2) is 15.0 Å². The van der Waals surface area contributed by atoms with Crippen molar-refractivity contribution in [1.82, 2.24) is 15.0 Å². The topological polar surface area (TPSA) is 38.7 Å². The van der Waals surface area contributed by atoms with E-state index in [9.17, 15) is 0 Å². The molecule has 0 bridgehead atoms. The Labute approximate surface area is 232 Å². The SMILES string of the molecule is [2H]c1c([2H])c([2H])c(-c2cccc3c2sc2cccc(-c4nc(-c5ccccc5)nc(-c5ccc(C)cc5)n4)c23)c([2H])c1[2H]. The molecule has 0 aliphatic carbocycles. The van der Waals surface area contributed by atoms with Crippen LogP contribution < -0.4 is 0 Å². The van der Waals surface area contributed by atoms with Crippen LogP contribution in [0, 0.1) is 6.92 Å². The number of aromatic nitrogens is 3. The second-order valence-corrected chi connectivity index (χ2v) is 10.1. The van der Waals surface area contributed by atoms with E-state index >= 15 is 0 Å². The normalized spacial score (nSPS) is 13.1. The van der Waals surface area contributed by atoms with Gasteiger partial charge in [0.2, 0.25) is 0 Å². The van der Waals surface area contributed by atoms with Crippen LogP contribution in [0.1, 0.15) is 12.4 Å². The third-order valence-corrected chi connectivity index (χ3v) is 7.71. The number of aryl methyl sites for hydroxylation is 1. The number of hydrogen-bond donors (Lipinski definition) is 0. The number of rotatable bonds is 4. The van der Waals surface area contributed by atoms with E-state index in [0.717, 1.165) is 42.4 Å². The van der Waals surface area contributed by atoms with E-state index in [1.165, 1.54) is 11.3 Å². The summed E-state index contributed by atoms with van der Waals surface area (Å²) in [4.78, 5) is 14.8. The van der Waals surface area contributed by atoms with E-state index in [1.807, 2.05) is 97.9 Å². The Morgan fingerprint density at radius 3 is 2.00 bits per heavy atom. The Bertz CT molecular complexity index is 2170. The fourth-order valence-electron chi connectivity index (χ4n) is 4.66. The second-order valence-electron chi connectivity index (χ2n) is 9.00. The van der Waals surface area contributed by atoms with E-state index in [-0.39, 0.29) is 29.7 Å². The molecule has 0 saturated heterocycles. The highest BCUT2D eigenvalue weighted by Gasteiger charge is 2.18. The fourth-order valence-corrected chi connectivity index (χ4v) is 5.91. The van der Waals surface area contributed by atoms with Crippen molar-refractivity contribution in [3.8, 4) is 45.3 Å². The Balaban J connectivity index is 1.50. The van der Waals surface area contributed by atoms with Gasteiger partial charge in [-0.15, -0.1) is 11.3 Å². The van der Waals surface area contributed by atoms with E-state index in [0.29, 0.717) is 23.0 Å². The van der Waals surface area contributed by atoms with Crippen molar-refractivity contribution in [1.29, 1.82) is 0 Å². The van der Waals surface area contributed by atoms with Crippen LogP contribution in [-0.2, 0) is 0 Å². The zero-order valence-corrected chi connectivity index (χ0v) is 21.2. The molecule has 0 saturated carbocycles. The Kier molecular flexibility index (Phi) is 4.35. The first-order chi connectivity index (χ1) is 20.8.